The minimum Gasteiger partial charge on any atom is -0.364 e. The van der Waals surface area contributed by atoms with Crippen LogP contribution in [0.2, 0.25) is 0 Å². The van der Waals surface area contributed by atoms with Gasteiger partial charge in [-0.15, -0.1) is 0 Å². The summed E-state index contributed by atoms with van der Waals surface area (Å²) in [5, 5.41) is 18.6. The molecule has 112 valence electrons. The second-order valence-corrected chi connectivity index (χ2v) is 4.93. The Morgan fingerprint density at radius 1 is 1.33 bits per heavy atom. The third-order valence-corrected chi connectivity index (χ3v) is 3.26. The van der Waals surface area contributed by atoms with Gasteiger partial charge in [0, 0.05) is 13.1 Å². The van der Waals surface area contributed by atoms with Crippen molar-refractivity contribution < 1.29 is 4.92 Å². The molecule has 0 aliphatic carbocycles. The highest BCUT2D eigenvalue weighted by atomic mass is 16.6. The van der Waals surface area contributed by atoms with Crippen LogP contribution >= 0.6 is 0 Å². The molecule has 2 rings (SSSR count). The number of hydrogen-bond donors (Lipinski definition) is 1. The molecular weight excluding hydrogens is 268 g/mol. The fraction of sp³-hybridized carbons (Fsp3) is 0.400. The van der Waals surface area contributed by atoms with Gasteiger partial charge in [0.25, 0.3) is 0 Å². The van der Waals surface area contributed by atoms with Crippen molar-refractivity contribution in [2.75, 3.05) is 11.9 Å². The van der Waals surface area contributed by atoms with E-state index in [9.17, 15) is 10.1 Å². The minimum atomic E-state index is -0.362. The molecule has 0 atom stereocenters. The third kappa shape index (κ3) is 3.59. The topological polar surface area (TPSA) is 73.0 Å². The molecule has 0 saturated heterocycles. The first-order valence-corrected chi connectivity index (χ1v) is 7.13. The molecule has 0 spiro atoms. The molecule has 1 aromatic carbocycles. The predicted molar refractivity (Wildman–Crippen MR) is 82.5 cm³/mol. The van der Waals surface area contributed by atoms with Gasteiger partial charge in [0.1, 0.15) is 5.69 Å². The lowest BCUT2D eigenvalue weighted by Crippen LogP contribution is -2.12. The van der Waals surface area contributed by atoms with Crippen LogP contribution in [0.1, 0.15) is 24.6 Å². The van der Waals surface area contributed by atoms with E-state index in [1.165, 1.54) is 5.56 Å². The molecule has 2 aromatic rings. The Kier molecular flexibility index (Phi) is 4.92. The van der Waals surface area contributed by atoms with E-state index >= 15 is 0 Å². The molecule has 0 saturated carbocycles. The summed E-state index contributed by atoms with van der Waals surface area (Å²) < 4.78 is 1.69. The Morgan fingerprint density at radius 2 is 2.05 bits per heavy atom. The lowest BCUT2D eigenvalue weighted by molar-refractivity contribution is -0.384. The molecule has 0 unspecified atom stereocenters. The number of rotatable bonds is 7. The molecule has 0 amide bonds. The third-order valence-electron chi connectivity index (χ3n) is 3.26. The summed E-state index contributed by atoms with van der Waals surface area (Å²) in [6.45, 7) is 5.01. The van der Waals surface area contributed by atoms with Crippen molar-refractivity contribution in [2.24, 2.45) is 0 Å². The van der Waals surface area contributed by atoms with Crippen LogP contribution in [0.15, 0.2) is 30.3 Å². The van der Waals surface area contributed by atoms with Crippen LogP contribution in [0.4, 0.5) is 11.5 Å². The summed E-state index contributed by atoms with van der Waals surface area (Å²) in [7, 11) is 0. The Bertz CT molecular complexity index is 608. The van der Waals surface area contributed by atoms with Gasteiger partial charge >= 0.3 is 5.69 Å². The molecule has 1 heterocycles. The normalized spacial score (nSPS) is 10.6. The molecule has 0 fully saturated rings. The van der Waals surface area contributed by atoms with Gasteiger partial charge in [0.05, 0.1) is 4.92 Å². The maximum atomic E-state index is 11.2. The smallest absolute Gasteiger partial charge is 0.333 e. The Morgan fingerprint density at radius 3 is 2.67 bits per heavy atom. The maximum absolute atomic E-state index is 11.2. The highest BCUT2D eigenvalue weighted by Gasteiger charge is 2.24. The highest BCUT2D eigenvalue weighted by molar-refractivity contribution is 5.59. The van der Waals surface area contributed by atoms with Gasteiger partial charge in [0.2, 0.25) is 5.82 Å². The average Bonchev–Trinajstić information content (AvgIpc) is 2.76. The van der Waals surface area contributed by atoms with E-state index in [1.54, 1.807) is 11.6 Å². The van der Waals surface area contributed by atoms with Gasteiger partial charge in [-0.3, -0.25) is 10.1 Å². The summed E-state index contributed by atoms with van der Waals surface area (Å²) in [4.78, 5) is 10.8. The molecular formula is C15H20N4O2. The average molecular weight is 288 g/mol. The zero-order chi connectivity index (χ0) is 15.2. The van der Waals surface area contributed by atoms with Crippen LogP contribution in [0, 0.1) is 17.0 Å². The standard InChI is InChI=1S/C15H20N4O2/c1-3-11-18-15(14(19(20)21)12(2)17-18)16-10-9-13-7-5-4-6-8-13/h4-8,16H,3,9-11H2,1-2H3. The van der Waals surface area contributed by atoms with Crippen molar-refractivity contribution in [1.29, 1.82) is 0 Å². The van der Waals surface area contributed by atoms with Crippen molar-refractivity contribution in [2.45, 2.75) is 33.2 Å². The van der Waals surface area contributed by atoms with Crippen LogP contribution in [-0.2, 0) is 13.0 Å². The maximum Gasteiger partial charge on any atom is 0.333 e. The van der Waals surface area contributed by atoms with Gasteiger partial charge < -0.3 is 5.32 Å². The van der Waals surface area contributed by atoms with Gasteiger partial charge in [0.15, 0.2) is 0 Å². The molecule has 6 heteroatoms. The van der Waals surface area contributed by atoms with Gasteiger partial charge in [-0.25, -0.2) is 4.68 Å². The van der Waals surface area contributed by atoms with Gasteiger partial charge in [-0.1, -0.05) is 37.3 Å². The van der Waals surface area contributed by atoms with Crippen LogP contribution in [0.3, 0.4) is 0 Å². The van der Waals surface area contributed by atoms with E-state index in [1.807, 2.05) is 37.3 Å². The summed E-state index contributed by atoms with van der Waals surface area (Å²) >= 11 is 0. The van der Waals surface area contributed by atoms with Crippen LogP contribution in [-0.4, -0.2) is 21.2 Å². The number of nitro groups is 1. The Balaban J connectivity index is 2.12. The molecule has 6 nitrogen and oxygen atoms in total. The summed E-state index contributed by atoms with van der Waals surface area (Å²) in [5.74, 6) is 0.510. The lowest BCUT2D eigenvalue weighted by atomic mass is 10.1. The van der Waals surface area contributed by atoms with E-state index < -0.39 is 0 Å². The molecule has 1 aromatic heterocycles. The first-order chi connectivity index (χ1) is 10.1. The fourth-order valence-corrected chi connectivity index (χ4v) is 2.31. The first-order valence-electron chi connectivity index (χ1n) is 7.13. The molecule has 21 heavy (non-hydrogen) atoms. The first kappa shape index (κ1) is 15.0. The second-order valence-electron chi connectivity index (χ2n) is 4.93. The fourth-order valence-electron chi connectivity index (χ4n) is 2.31. The zero-order valence-electron chi connectivity index (χ0n) is 12.4. The van der Waals surface area contributed by atoms with Crippen molar-refractivity contribution in [3.8, 4) is 0 Å². The van der Waals surface area contributed by atoms with Crippen molar-refractivity contribution in [1.82, 2.24) is 9.78 Å². The molecule has 0 radical (unpaired) electrons. The molecule has 1 N–H and O–H groups in total. The monoisotopic (exact) mass is 288 g/mol. The van der Waals surface area contributed by atoms with E-state index in [2.05, 4.69) is 10.4 Å². The van der Waals surface area contributed by atoms with E-state index in [-0.39, 0.29) is 10.6 Å². The number of nitrogens with zero attached hydrogens (tertiary/aromatic N) is 3. The molecule has 0 bridgehead atoms. The van der Waals surface area contributed by atoms with E-state index in [0.717, 1.165) is 12.8 Å². The Hall–Kier alpha value is -2.37. The van der Waals surface area contributed by atoms with Crippen LogP contribution < -0.4 is 5.32 Å². The predicted octanol–water partition coefficient (Wildman–Crippen LogP) is 3.16. The number of nitrogens with one attached hydrogen (secondary N) is 1. The summed E-state index contributed by atoms with van der Waals surface area (Å²) in [5.41, 5.74) is 1.73. The second kappa shape index (κ2) is 6.88. The zero-order valence-corrected chi connectivity index (χ0v) is 12.4. The summed E-state index contributed by atoms with van der Waals surface area (Å²) in [6, 6.07) is 10.0. The lowest BCUT2D eigenvalue weighted by Gasteiger charge is -2.08. The number of benzene rings is 1. The summed E-state index contributed by atoms with van der Waals surface area (Å²) in [6.07, 6.45) is 1.69. The molecule has 0 aliphatic rings. The molecule has 0 aliphatic heterocycles. The van der Waals surface area contributed by atoms with Gasteiger partial charge in [-0.2, -0.15) is 5.10 Å². The Labute approximate surface area is 123 Å². The van der Waals surface area contributed by atoms with Gasteiger partial charge in [-0.05, 0) is 25.3 Å². The number of aromatic nitrogens is 2. The number of anilines is 1. The van der Waals surface area contributed by atoms with Crippen molar-refractivity contribution in [3.05, 3.63) is 51.7 Å². The quantitative estimate of drug-likeness (QED) is 0.627. The van der Waals surface area contributed by atoms with Crippen molar-refractivity contribution in [3.63, 3.8) is 0 Å². The van der Waals surface area contributed by atoms with E-state index in [0.29, 0.717) is 24.6 Å². The largest absolute Gasteiger partial charge is 0.364 e. The van der Waals surface area contributed by atoms with Crippen LogP contribution in [0.25, 0.3) is 0 Å². The number of aryl methyl sites for hydroxylation is 2. The van der Waals surface area contributed by atoms with Crippen molar-refractivity contribution >= 4 is 11.5 Å². The SMILES string of the molecule is CCCn1nc(C)c([N+](=O)[O-])c1NCCc1ccccc1. The minimum absolute atomic E-state index is 0.0801. The van der Waals surface area contributed by atoms with Crippen LogP contribution in [0.5, 0.6) is 0 Å². The number of hydrogen-bond acceptors (Lipinski definition) is 4. The van der Waals surface area contributed by atoms with E-state index in [4.69, 9.17) is 0 Å². The highest BCUT2D eigenvalue weighted by Crippen LogP contribution is 2.28.